The van der Waals surface area contributed by atoms with E-state index in [9.17, 15) is 18.0 Å². The molecule has 0 aromatic heterocycles. The Morgan fingerprint density at radius 3 is 2.30 bits per heavy atom. The minimum absolute atomic E-state index is 0.0396. The average Bonchev–Trinajstić information content (AvgIpc) is 2.36. The van der Waals surface area contributed by atoms with E-state index in [-0.39, 0.29) is 6.54 Å². The molecule has 6 heteroatoms. The predicted octanol–water partition coefficient (Wildman–Crippen LogP) is 2.80. The lowest BCUT2D eigenvalue weighted by molar-refractivity contribution is -0.162. The molecule has 0 heterocycles. The third kappa shape index (κ3) is 4.85. The molecule has 0 bridgehead atoms. The van der Waals surface area contributed by atoms with Crippen molar-refractivity contribution in [1.29, 1.82) is 0 Å². The molecule has 112 valence electrons. The van der Waals surface area contributed by atoms with Crippen LogP contribution in [0.1, 0.15) is 30.5 Å². The number of hydrogen-bond acceptors (Lipinski definition) is 2. The van der Waals surface area contributed by atoms with E-state index in [2.05, 4.69) is 0 Å². The van der Waals surface area contributed by atoms with Gasteiger partial charge >= 0.3 is 6.18 Å². The Morgan fingerprint density at radius 1 is 1.30 bits per heavy atom. The number of nitrogens with zero attached hydrogens (tertiary/aromatic N) is 1. The number of hydrogen-bond donors (Lipinski definition) is 1. The summed E-state index contributed by atoms with van der Waals surface area (Å²) in [6, 6.07) is 5.81. The maximum Gasteiger partial charge on any atom is 0.406 e. The van der Waals surface area contributed by atoms with Crippen LogP contribution in [0.15, 0.2) is 24.3 Å². The smallest absolute Gasteiger partial charge is 0.332 e. The predicted molar refractivity (Wildman–Crippen MR) is 71.0 cm³/mol. The number of carbonyl (C=O) groups excluding carboxylic acids is 1. The van der Waals surface area contributed by atoms with Gasteiger partial charge < -0.3 is 10.6 Å². The van der Waals surface area contributed by atoms with Crippen LogP contribution in [0.2, 0.25) is 0 Å². The van der Waals surface area contributed by atoms with Crippen LogP contribution in [0.4, 0.5) is 13.2 Å². The largest absolute Gasteiger partial charge is 0.406 e. The highest BCUT2D eigenvalue weighted by molar-refractivity contribution is 5.83. The van der Waals surface area contributed by atoms with Crippen LogP contribution in [0.3, 0.4) is 0 Å². The fraction of sp³-hybridized carbons (Fsp3) is 0.500. The molecule has 1 unspecified atom stereocenters. The van der Waals surface area contributed by atoms with Gasteiger partial charge in [0.05, 0.1) is 0 Å². The zero-order chi connectivity index (χ0) is 15.3. The Labute approximate surface area is 116 Å². The van der Waals surface area contributed by atoms with Gasteiger partial charge in [-0.15, -0.1) is 0 Å². The topological polar surface area (TPSA) is 46.3 Å². The van der Waals surface area contributed by atoms with Gasteiger partial charge in [-0.2, -0.15) is 13.2 Å². The highest BCUT2D eigenvalue weighted by Crippen LogP contribution is 2.20. The van der Waals surface area contributed by atoms with Gasteiger partial charge in [0.2, 0.25) is 5.91 Å². The first-order chi connectivity index (χ1) is 9.24. The first kappa shape index (κ1) is 16.5. The highest BCUT2D eigenvalue weighted by atomic mass is 19.4. The number of aryl methyl sites for hydroxylation is 1. The van der Waals surface area contributed by atoms with Crippen molar-refractivity contribution in [3.63, 3.8) is 0 Å². The van der Waals surface area contributed by atoms with E-state index in [1.165, 1.54) is 0 Å². The zero-order valence-electron chi connectivity index (χ0n) is 11.6. The van der Waals surface area contributed by atoms with Crippen molar-refractivity contribution >= 4 is 5.91 Å². The lowest BCUT2D eigenvalue weighted by Gasteiger charge is -2.26. The van der Waals surface area contributed by atoms with Gasteiger partial charge in [-0.25, -0.2) is 0 Å². The van der Waals surface area contributed by atoms with Crippen molar-refractivity contribution < 1.29 is 18.0 Å². The summed E-state index contributed by atoms with van der Waals surface area (Å²) in [5, 5.41) is 0. The average molecular weight is 288 g/mol. The number of amides is 1. The number of carbonyl (C=O) groups is 1. The summed E-state index contributed by atoms with van der Waals surface area (Å²) in [6.07, 6.45) is -3.97. The molecular weight excluding hydrogens is 269 g/mol. The van der Waals surface area contributed by atoms with Gasteiger partial charge in [-0.3, -0.25) is 4.79 Å². The molecule has 1 atom stereocenters. The second-order valence-electron chi connectivity index (χ2n) is 4.76. The van der Waals surface area contributed by atoms with Gasteiger partial charge in [0.15, 0.2) is 0 Å². The van der Waals surface area contributed by atoms with E-state index in [4.69, 9.17) is 5.73 Å². The van der Waals surface area contributed by atoms with Crippen molar-refractivity contribution in [2.24, 2.45) is 5.73 Å². The Balaban J connectivity index is 2.85. The molecule has 0 saturated carbocycles. The van der Waals surface area contributed by atoms with Crippen LogP contribution in [0, 0.1) is 6.92 Å². The summed E-state index contributed by atoms with van der Waals surface area (Å²) < 4.78 is 37.4. The van der Waals surface area contributed by atoms with Crippen LogP contribution >= 0.6 is 0 Å². The first-order valence-electron chi connectivity index (χ1n) is 6.42. The molecule has 0 fully saturated rings. The molecule has 1 aromatic rings. The molecule has 0 aliphatic heterocycles. The van der Waals surface area contributed by atoms with Crippen molar-refractivity contribution in [2.45, 2.75) is 32.5 Å². The van der Waals surface area contributed by atoms with Crippen molar-refractivity contribution in [2.75, 3.05) is 13.1 Å². The lowest BCUT2D eigenvalue weighted by Crippen LogP contribution is -2.44. The Bertz CT molecular complexity index is 443. The van der Waals surface area contributed by atoms with Crippen LogP contribution in [-0.2, 0) is 4.79 Å². The molecule has 0 saturated heterocycles. The van der Waals surface area contributed by atoms with E-state index in [0.29, 0.717) is 12.0 Å². The summed E-state index contributed by atoms with van der Waals surface area (Å²) >= 11 is 0. The van der Waals surface area contributed by atoms with Crippen LogP contribution in [0.5, 0.6) is 0 Å². The third-order valence-electron chi connectivity index (χ3n) is 2.88. The molecule has 0 spiro atoms. The SMILES string of the molecule is CCCN(CC(F)(F)F)C(=O)C(N)c1ccc(C)cc1. The maximum atomic E-state index is 12.5. The summed E-state index contributed by atoms with van der Waals surface area (Å²) in [5.74, 6) is -0.701. The van der Waals surface area contributed by atoms with Gasteiger partial charge in [0, 0.05) is 6.54 Å². The molecule has 0 radical (unpaired) electrons. The molecule has 20 heavy (non-hydrogen) atoms. The second-order valence-corrected chi connectivity index (χ2v) is 4.76. The molecular formula is C14H19F3N2O. The summed E-state index contributed by atoms with van der Waals surface area (Å²) in [4.78, 5) is 12.9. The van der Waals surface area contributed by atoms with Crippen molar-refractivity contribution in [3.8, 4) is 0 Å². The molecule has 0 aliphatic rings. The van der Waals surface area contributed by atoms with Gasteiger partial charge in [0.1, 0.15) is 12.6 Å². The fourth-order valence-electron chi connectivity index (χ4n) is 1.87. The Hall–Kier alpha value is -1.56. The minimum Gasteiger partial charge on any atom is -0.332 e. The summed E-state index contributed by atoms with van der Waals surface area (Å²) in [7, 11) is 0. The summed E-state index contributed by atoms with van der Waals surface area (Å²) in [5.41, 5.74) is 7.29. The quantitative estimate of drug-likeness (QED) is 0.905. The molecule has 1 amide bonds. The van der Waals surface area contributed by atoms with Crippen LogP contribution < -0.4 is 5.73 Å². The number of alkyl halides is 3. The van der Waals surface area contributed by atoms with E-state index in [1.807, 2.05) is 6.92 Å². The summed E-state index contributed by atoms with van der Waals surface area (Å²) in [6.45, 7) is 2.37. The molecule has 0 aliphatic carbocycles. The molecule has 2 N–H and O–H groups in total. The van der Waals surface area contributed by atoms with E-state index >= 15 is 0 Å². The lowest BCUT2D eigenvalue weighted by atomic mass is 10.0. The number of nitrogens with two attached hydrogens (primary N) is 1. The number of rotatable bonds is 5. The molecule has 1 aromatic carbocycles. The van der Waals surface area contributed by atoms with Gasteiger partial charge in [0.25, 0.3) is 0 Å². The van der Waals surface area contributed by atoms with E-state index in [0.717, 1.165) is 10.5 Å². The number of benzene rings is 1. The Kier molecular flexibility index (Phi) is 5.56. The number of halogens is 3. The van der Waals surface area contributed by atoms with E-state index in [1.54, 1.807) is 31.2 Å². The normalized spacial score (nSPS) is 13.1. The van der Waals surface area contributed by atoms with E-state index < -0.39 is 24.7 Å². The first-order valence-corrected chi connectivity index (χ1v) is 6.42. The standard InChI is InChI=1S/C14H19F3N2O/c1-3-8-19(9-14(15,16)17)13(20)12(18)11-6-4-10(2)5-7-11/h4-7,12H,3,8-9,18H2,1-2H3. The molecule has 3 nitrogen and oxygen atoms in total. The second kappa shape index (κ2) is 6.74. The fourth-order valence-corrected chi connectivity index (χ4v) is 1.87. The monoisotopic (exact) mass is 288 g/mol. The van der Waals surface area contributed by atoms with Crippen LogP contribution in [0.25, 0.3) is 0 Å². The van der Waals surface area contributed by atoms with Gasteiger partial charge in [-0.05, 0) is 18.9 Å². The zero-order valence-corrected chi connectivity index (χ0v) is 11.6. The molecule has 1 rings (SSSR count). The third-order valence-corrected chi connectivity index (χ3v) is 2.88. The Morgan fingerprint density at radius 2 is 1.85 bits per heavy atom. The van der Waals surface area contributed by atoms with Crippen molar-refractivity contribution in [3.05, 3.63) is 35.4 Å². The van der Waals surface area contributed by atoms with Crippen molar-refractivity contribution in [1.82, 2.24) is 4.90 Å². The minimum atomic E-state index is -4.42. The van der Waals surface area contributed by atoms with Gasteiger partial charge in [-0.1, -0.05) is 36.8 Å². The maximum absolute atomic E-state index is 12.5. The highest BCUT2D eigenvalue weighted by Gasteiger charge is 2.34. The van der Waals surface area contributed by atoms with Crippen LogP contribution in [-0.4, -0.2) is 30.1 Å².